The van der Waals surface area contributed by atoms with E-state index in [4.69, 9.17) is 13.9 Å². The van der Waals surface area contributed by atoms with E-state index in [2.05, 4.69) is 33.9 Å². The number of hydrogen-bond donors (Lipinski definition) is 1. The number of aliphatic hydroxyl groups is 1. The zero-order valence-corrected chi connectivity index (χ0v) is 22.7. The molecular weight excluding hydrogens is 476 g/mol. The molecule has 2 aliphatic heterocycles. The number of rotatable bonds is 7. The molecule has 0 radical (unpaired) electrons. The van der Waals surface area contributed by atoms with Gasteiger partial charge in [-0.3, -0.25) is 9.80 Å². The molecule has 0 bridgehead atoms. The summed E-state index contributed by atoms with van der Waals surface area (Å²) in [6, 6.07) is 14.9. The number of carbonyl (C=O) groups excluding carboxylic acids is 2. The molecule has 0 aliphatic carbocycles. The monoisotopic (exact) mass is 512 g/mol. The summed E-state index contributed by atoms with van der Waals surface area (Å²) in [5, 5.41) is 9.42. The second-order valence-electron chi connectivity index (χ2n) is 11.0. The summed E-state index contributed by atoms with van der Waals surface area (Å²) in [6.45, 7) is 11.6. The van der Waals surface area contributed by atoms with Gasteiger partial charge in [0.2, 0.25) is 0 Å². The van der Waals surface area contributed by atoms with E-state index in [1.807, 2.05) is 42.5 Å². The van der Waals surface area contributed by atoms with Crippen molar-refractivity contribution in [2.45, 2.75) is 64.1 Å². The first kappa shape index (κ1) is 26.2. The van der Waals surface area contributed by atoms with Crippen molar-refractivity contribution in [1.29, 1.82) is 0 Å². The Bertz CT molecular complexity index is 1100. The average Bonchev–Trinajstić information content (AvgIpc) is 3.40. The van der Waals surface area contributed by atoms with Gasteiger partial charge in [-0.05, 0) is 53.9 Å². The Kier molecular flexibility index (Phi) is 7.45. The third-order valence-corrected chi connectivity index (χ3v) is 11.9. The number of anilines is 2. The lowest BCUT2D eigenvalue weighted by molar-refractivity contribution is 0.0963. The Morgan fingerprint density at radius 2 is 1.89 bits per heavy atom. The number of hydrogen-bond acceptors (Lipinski definition) is 6. The normalized spacial score (nSPS) is 19.9. The van der Waals surface area contributed by atoms with Gasteiger partial charge in [-0.25, -0.2) is 9.59 Å². The number of aliphatic hydroxyl groups excluding tert-OH is 1. The summed E-state index contributed by atoms with van der Waals surface area (Å²) in [5.74, 6) is 0. The van der Waals surface area contributed by atoms with Crippen molar-refractivity contribution >= 4 is 31.9 Å². The van der Waals surface area contributed by atoms with Gasteiger partial charge < -0.3 is 19.0 Å². The van der Waals surface area contributed by atoms with Gasteiger partial charge >= 0.3 is 12.2 Å². The molecule has 2 aliphatic rings. The first-order valence-corrected chi connectivity index (χ1v) is 15.3. The predicted molar refractivity (Wildman–Crippen MR) is 141 cm³/mol. The molecule has 1 fully saturated rings. The van der Waals surface area contributed by atoms with E-state index in [9.17, 15) is 14.7 Å². The molecule has 2 amide bonds. The highest BCUT2D eigenvalue weighted by Crippen LogP contribution is 2.40. The van der Waals surface area contributed by atoms with Crippen molar-refractivity contribution in [3.8, 4) is 0 Å². The van der Waals surface area contributed by atoms with E-state index in [-0.39, 0.29) is 30.8 Å². The summed E-state index contributed by atoms with van der Waals surface area (Å²) in [4.78, 5) is 28.8. The lowest BCUT2D eigenvalue weighted by Crippen LogP contribution is -2.47. The van der Waals surface area contributed by atoms with Crippen molar-refractivity contribution in [2.24, 2.45) is 0 Å². The third-order valence-electron chi connectivity index (χ3n) is 7.38. The number of carbonyl (C=O) groups is 2. The number of fused-ring (bicyclic) bond motifs is 1. The summed E-state index contributed by atoms with van der Waals surface area (Å²) in [6.07, 6.45) is -0.857. The molecule has 0 aromatic heterocycles. The van der Waals surface area contributed by atoms with E-state index >= 15 is 0 Å². The van der Waals surface area contributed by atoms with Gasteiger partial charge in [0, 0.05) is 5.69 Å². The van der Waals surface area contributed by atoms with Crippen LogP contribution in [0.2, 0.25) is 18.1 Å². The van der Waals surface area contributed by atoms with Crippen molar-refractivity contribution in [1.82, 2.24) is 0 Å². The quantitative estimate of drug-likeness (QED) is 0.520. The fourth-order valence-electron chi connectivity index (χ4n) is 4.20. The minimum atomic E-state index is -2.04. The van der Waals surface area contributed by atoms with Gasteiger partial charge in [0.1, 0.15) is 12.7 Å². The summed E-state index contributed by atoms with van der Waals surface area (Å²) in [5.41, 5.74) is 3.29. The zero-order valence-electron chi connectivity index (χ0n) is 21.7. The second kappa shape index (κ2) is 10.2. The van der Waals surface area contributed by atoms with Crippen LogP contribution in [0.1, 0.15) is 31.9 Å². The van der Waals surface area contributed by atoms with Crippen LogP contribution < -0.4 is 9.80 Å². The third kappa shape index (κ3) is 5.43. The SMILES string of the molecule is CC(C)(C)[Si](C)(C)OCC1Cc2cc(N3C[C@@H](CO)OC3=O)ccc2N1C(=O)OCc1ccccc1. The van der Waals surface area contributed by atoms with E-state index in [0.29, 0.717) is 18.7 Å². The lowest BCUT2D eigenvalue weighted by atomic mass is 10.1. The standard InChI is InChI=1S/C27H36N2O6Si/c1-27(2,3)36(4,5)34-18-22-14-20-13-21(28-15-23(16-30)35-25(28)31)11-12-24(20)29(22)26(32)33-17-19-9-7-6-8-10-19/h6-13,22-23,30H,14-18H2,1-5H3/t22?,23-/m0/s1. The van der Waals surface area contributed by atoms with Gasteiger partial charge in [0.05, 0.1) is 31.5 Å². The minimum absolute atomic E-state index is 0.0453. The number of ether oxygens (including phenoxy) is 2. The van der Waals surface area contributed by atoms with Crippen LogP contribution in [0.3, 0.4) is 0 Å². The van der Waals surface area contributed by atoms with Crippen LogP contribution >= 0.6 is 0 Å². The van der Waals surface area contributed by atoms with Crippen molar-refractivity contribution in [2.75, 3.05) is 29.6 Å². The van der Waals surface area contributed by atoms with Crippen LogP contribution in [0.4, 0.5) is 21.0 Å². The molecule has 0 spiro atoms. The van der Waals surface area contributed by atoms with Gasteiger partial charge in [-0.1, -0.05) is 51.1 Å². The maximum absolute atomic E-state index is 13.3. The molecule has 2 atom stereocenters. The Hall–Kier alpha value is -2.88. The first-order chi connectivity index (χ1) is 17.0. The number of nitrogens with zero attached hydrogens (tertiary/aromatic N) is 2. The minimum Gasteiger partial charge on any atom is -0.444 e. The Morgan fingerprint density at radius 3 is 2.53 bits per heavy atom. The lowest BCUT2D eigenvalue weighted by Gasteiger charge is -2.37. The number of amides is 2. The van der Waals surface area contributed by atoms with Gasteiger partial charge in [0.25, 0.3) is 0 Å². The maximum Gasteiger partial charge on any atom is 0.414 e. The van der Waals surface area contributed by atoms with E-state index in [1.54, 1.807) is 11.0 Å². The maximum atomic E-state index is 13.3. The summed E-state index contributed by atoms with van der Waals surface area (Å²) >= 11 is 0. The van der Waals surface area contributed by atoms with Crippen LogP contribution in [0.15, 0.2) is 48.5 Å². The number of cyclic esters (lactones) is 1. The Balaban J connectivity index is 1.57. The van der Waals surface area contributed by atoms with Crippen molar-refractivity contribution in [3.63, 3.8) is 0 Å². The van der Waals surface area contributed by atoms with Crippen LogP contribution in [-0.2, 0) is 26.9 Å². The first-order valence-electron chi connectivity index (χ1n) is 12.4. The van der Waals surface area contributed by atoms with Gasteiger partial charge in [0.15, 0.2) is 8.32 Å². The van der Waals surface area contributed by atoms with E-state index < -0.39 is 26.6 Å². The topological polar surface area (TPSA) is 88.5 Å². The van der Waals surface area contributed by atoms with Crippen LogP contribution in [0, 0.1) is 0 Å². The van der Waals surface area contributed by atoms with Gasteiger partial charge in [-0.15, -0.1) is 0 Å². The molecule has 2 aromatic rings. The Morgan fingerprint density at radius 1 is 1.17 bits per heavy atom. The average molecular weight is 513 g/mol. The molecule has 2 aromatic carbocycles. The molecule has 8 nitrogen and oxygen atoms in total. The second-order valence-corrected chi connectivity index (χ2v) is 15.8. The summed E-state index contributed by atoms with van der Waals surface area (Å²) < 4.78 is 17.4. The molecule has 194 valence electrons. The Labute approximate surface area is 213 Å². The summed E-state index contributed by atoms with van der Waals surface area (Å²) in [7, 11) is -2.04. The molecule has 1 N–H and O–H groups in total. The fraction of sp³-hybridized carbons (Fsp3) is 0.481. The largest absolute Gasteiger partial charge is 0.444 e. The highest BCUT2D eigenvalue weighted by molar-refractivity contribution is 6.74. The van der Waals surface area contributed by atoms with Crippen molar-refractivity contribution < 1.29 is 28.6 Å². The van der Waals surface area contributed by atoms with Crippen LogP contribution in [0.5, 0.6) is 0 Å². The molecule has 1 saturated heterocycles. The van der Waals surface area contributed by atoms with Crippen LogP contribution in [-0.4, -0.2) is 57.5 Å². The molecule has 9 heteroatoms. The molecule has 4 rings (SSSR count). The van der Waals surface area contributed by atoms with E-state index in [1.165, 1.54) is 4.90 Å². The fourth-order valence-corrected chi connectivity index (χ4v) is 5.24. The molecule has 2 heterocycles. The smallest absolute Gasteiger partial charge is 0.414 e. The van der Waals surface area contributed by atoms with Crippen LogP contribution in [0.25, 0.3) is 0 Å². The predicted octanol–water partition coefficient (Wildman–Crippen LogP) is 5.09. The van der Waals surface area contributed by atoms with Gasteiger partial charge in [-0.2, -0.15) is 0 Å². The van der Waals surface area contributed by atoms with Crippen molar-refractivity contribution in [3.05, 3.63) is 59.7 Å². The molecule has 0 saturated carbocycles. The number of benzene rings is 2. The highest BCUT2D eigenvalue weighted by Gasteiger charge is 2.41. The molecular formula is C27H36N2O6Si. The molecule has 1 unspecified atom stereocenters. The highest BCUT2D eigenvalue weighted by atomic mass is 28.4. The zero-order chi connectivity index (χ0) is 26.1. The molecule has 36 heavy (non-hydrogen) atoms. The van der Waals surface area contributed by atoms with E-state index in [0.717, 1.165) is 16.8 Å².